The highest BCUT2D eigenvalue weighted by molar-refractivity contribution is 5.90. The van der Waals surface area contributed by atoms with Crippen molar-refractivity contribution in [1.82, 2.24) is 5.32 Å². The molecule has 6 nitrogen and oxygen atoms in total. The number of nitrogens with zero attached hydrogens (tertiary/aromatic N) is 1. The van der Waals surface area contributed by atoms with Crippen molar-refractivity contribution in [3.8, 4) is 0 Å². The van der Waals surface area contributed by atoms with Crippen LogP contribution in [0.5, 0.6) is 0 Å². The van der Waals surface area contributed by atoms with Crippen LogP contribution in [0.3, 0.4) is 0 Å². The van der Waals surface area contributed by atoms with Crippen LogP contribution in [-0.4, -0.2) is 24.0 Å². The van der Waals surface area contributed by atoms with Crippen molar-refractivity contribution >= 4 is 11.7 Å². The Labute approximate surface area is 110 Å². The maximum Gasteiger partial charge on any atom is 0.335 e. The summed E-state index contributed by atoms with van der Waals surface area (Å²) in [7, 11) is 0. The van der Waals surface area contributed by atoms with Crippen LogP contribution in [0.25, 0.3) is 0 Å². The molecule has 0 aliphatic carbocycles. The fourth-order valence-corrected chi connectivity index (χ4v) is 2.02. The van der Waals surface area contributed by atoms with Gasteiger partial charge in [-0.2, -0.15) is 0 Å². The monoisotopic (exact) mass is 262 g/mol. The molecule has 1 aliphatic heterocycles. The van der Waals surface area contributed by atoms with Gasteiger partial charge < -0.3 is 10.1 Å². The Morgan fingerprint density at radius 1 is 1.47 bits per heavy atom. The summed E-state index contributed by atoms with van der Waals surface area (Å²) in [6, 6.07) is 5.89. The van der Waals surface area contributed by atoms with E-state index in [9.17, 15) is 14.9 Å². The van der Waals surface area contributed by atoms with Crippen LogP contribution in [0.4, 0.5) is 5.69 Å². The van der Waals surface area contributed by atoms with Crippen molar-refractivity contribution in [2.75, 3.05) is 13.2 Å². The fourth-order valence-electron chi connectivity index (χ4n) is 2.02. The van der Waals surface area contributed by atoms with E-state index in [1.165, 1.54) is 12.1 Å². The average molecular weight is 262 g/mol. The third-order valence-corrected chi connectivity index (χ3v) is 2.90. The predicted molar refractivity (Wildman–Crippen MR) is 68.6 cm³/mol. The van der Waals surface area contributed by atoms with Gasteiger partial charge in [0, 0.05) is 18.7 Å². The summed E-state index contributed by atoms with van der Waals surface area (Å²) in [6.07, 6.45) is 1.78. The minimum absolute atomic E-state index is 0.0309. The zero-order valence-electron chi connectivity index (χ0n) is 10.5. The van der Waals surface area contributed by atoms with Crippen LogP contribution in [0, 0.1) is 10.1 Å². The summed E-state index contributed by atoms with van der Waals surface area (Å²) in [5, 5.41) is 13.7. The van der Waals surface area contributed by atoms with Crippen molar-refractivity contribution in [2.24, 2.45) is 0 Å². The second-order valence-corrected chi connectivity index (χ2v) is 4.07. The molecular weight excluding hydrogens is 248 g/mol. The van der Waals surface area contributed by atoms with Crippen molar-refractivity contribution < 1.29 is 14.5 Å². The minimum atomic E-state index is -0.450. The lowest BCUT2D eigenvalue weighted by Crippen LogP contribution is -2.21. The number of ether oxygens (including phenoxy) is 1. The quantitative estimate of drug-likeness (QED) is 0.507. The Bertz CT molecular complexity index is 522. The molecule has 0 radical (unpaired) electrons. The van der Waals surface area contributed by atoms with Crippen LogP contribution in [-0.2, 0) is 9.53 Å². The first-order valence-corrected chi connectivity index (χ1v) is 5.98. The third kappa shape index (κ3) is 2.79. The Morgan fingerprint density at radius 3 is 2.74 bits per heavy atom. The molecule has 100 valence electrons. The third-order valence-electron chi connectivity index (χ3n) is 2.90. The zero-order chi connectivity index (χ0) is 13.8. The highest BCUT2D eigenvalue weighted by atomic mass is 16.6. The van der Waals surface area contributed by atoms with Gasteiger partial charge in [0.2, 0.25) is 0 Å². The largest absolute Gasteiger partial charge is 0.463 e. The number of esters is 1. The molecule has 1 aliphatic rings. The van der Waals surface area contributed by atoms with E-state index in [1.54, 1.807) is 25.1 Å². The van der Waals surface area contributed by atoms with E-state index in [0.29, 0.717) is 18.7 Å². The molecule has 1 atom stereocenters. The lowest BCUT2D eigenvalue weighted by atomic mass is 10.0. The van der Waals surface area contributed by atoms with E-state index in [4.69, 9.17) is 4.74 Å². The highest BCUT2D eigenvalue weighted by Crippen LogP contribution is 2.27. The summed E-state index contributed by atoms with van der Waals surface area (Å²) in [4.78, 5) is 21.9. The maximum absolute atomic E-state index is 11.8. The molecule has 2 rings (SSSR count). The lowest BCUT2D eigenvalue weighted by Gasteiger charge is -2.14. The molecule has 19 heavy (non-hydrogen) atoms. The molecule has 1 N–H and O–H groups in total. The van der Waals surface area contributed by atoms with E-state index in [1.807, 2.05) is 0 Å². The van der Waals surface area contributed by atoms with Crippen LogP contribution in [0.2, 0.25) is 0 Å². The van der Waals surface area contributed by atoms with Gasteiger partial charge in [0.1, 0.15) is 0 Å². The Hall–Kier alpha value is -2.21. The first kappa shape index (κ1) is 13.2. The van der Waals surface area contributed by atoms with Gasteiger partial charge in [-0.25, -0.2) is 4.79 Å². The van der Waals surface area contributed by atoms with Gasteiger partial charge >= 0.3 is 5.97 Å². The minimum Gasteiger partial charge on any atom is -0.463 e. The van der Waals surface area contributed by atoms with Crippen LogP contribution in [0.15, 0.2) is 35.9 Å². The Kier molecular flexibility index (Phi) is 3.91. The number of nitrogens with one attached hydrogen (secondary N) is 1. The van der Waals surface area contributed by atoms with Crippen molar-refractivity contribution in [3.63, 3.8) is 0 Å². The Morgan fingerprint density at radius 2 is 2.16 bits per heavy atom. The van der Waals surface area contributed by atoms with E-state index >= 15 is 0 Å². The molecule has 0 saturated heterocycles. The van der Waals surface area contributed by atoms with E-state index < -0.39 is 4.92 Å². The van der Waals surface area contributed by atoms with Gasteiger partial charge in [0.15, 0.2) is 0 Å². The maximum atomic E-state index is 11.8. The number of non-ortho nitro benzene ring substituents is 1. The standard InChI is InChI=1S/C13H14N2O4/c1-2-19-13(16)11-7-8-14-12(11)9-3-5-10(6-4-9)15(17)18/h3-7,12,14H,2,8H2,1H3. The Balaban J connectivity index is 2.19. The van der Waals surface area contributed by atoms with Crippen LogP contribution in [0.1, 0.15) is 18.5 Å². The summed E-state index contributed by atoms with van der Waals surface area (Å²) >= 11 is 0. The normalized spacial score (nSPS) is 17.9. The molecule has 0 bridgehead atoms. The highest BCUT2D eigenvalue weighted by Gasteiger charge is 2.27. The first-order valence-electron chi connectivity index (χ1n) is 5.98. The molecule has 1 aromatic carbocycles. The molecule has 1 heterocycles. The topological polar surface area (TPSA) is 81.5 Å². The summed E-state index contributed by atoms with van der Waals surface area (Å²) in [6.45, 7) is 2.65. The van der Waals surface area contributed by atoms with Gasteiger partial charge in [-0.1, -0.05) is 18.2 Å². The zero-order valence-corrected chi connectivity index (χ0v) is 10.5. The van der Waals surface area contributed by atoms with Crippen LogP contribution >= 0.6 is 0 Å². The molecule has 0 saturated carbocycles. The predicted octanol–water partition coefficient (Wildman–Crippen LogP) is 1.73. The second kappa shape index (κ2) is 5.62. The summed E-state index contributed by atoms with van der Waals surface area (Å²) in [5.41, 5.74) is 1.39. The number of nitro groups is 1. The van der Waals surface area contributed by atoms with Crippen LogP contribution < -0.4 is 5.32 Å². The number of hydrogen-bond donors (Lipinski definition) is 1. The molecule has 0 fully saturated rings. The number of nitro benzene ring substituents is 1. The fraction of sp³-hybridized carbons (Fsp3) is 0.308. The SMILES string of the molecule is CCOC(=O)C1=CCNC1c1ccc([N+](=O)[O-])cc1. The smallest absolute Gasteiger partial charge is 0.335 e. The average Bonchev–Trinajstić information content (AvgIpc) is 2.88. The molecule has 1 unspecified atom stereocenters. The molecule has 6 heteroatoms. The lowest BCUT2D eigenvalue weighted by molar-refractivity contribution is -0.384. The number of benzene rings is 1. The molecule has 1 aromatic rings. The molecule has 0 amide bonds. The number of rotatable bonds is 4. The van der Waals surface area contributed by atoms with Gasteiger partial charge in [0.25, 0.3) is 5.69 Å². The van der Waals surface area contributed by atoms with Gasteiger partial charge in [-0.15, -0.1) is 0 Å². The van der Waals surface area contributed by atoms with Gasteiger partial charge in [-0.05, 0) is 12.5 Å². The van der Waals surface area contributed by atoms with Gasteiger partial charge in [0.05, 0.1) is 23.1 Å². The number of hydrogen-bond acceptors (Lipinski definition) is 5. The molecule has 0 spiro atoms. The second-order valence-electron chi connectivity index (χ2n) is 4.07. The summed E-state index contributed by atoms with van der Waals surface area (Å²) < 4.78 is 4.98. The van der Waals surface area contributed by atoms with E-state index in [0.717, 1.165) is 5.56 Å². The van der Waals surface area contributed by atoms with Crippen molar-refractivity contribution in [1.29, 1.82) is 0 Å². The van der Waals surface area contributed by atoms with Crippen molar-refractivity contribution in [3.05, 3.63) is 51.6 Å². The molecule has 0 aromatic heterocycles. The molecular formula is C13H14N2O4. The van der Waals surface area contributed by atoms with Crippen molar-refractivity contribution in [2.45, 2.75) is 13.0 Å². The number of carbonyl (C=O) groups is 1. The summed E-state index contributed by atoms with van der Waals surface area (Å²) in [5.74, 6) is -0.351. The van der Waals surface area contributed by atoms with E-state index in [-0.39, 0.29) is 17.7 Å². The first-order chi connectivity index (χ1) is 9.13. The number of carbonyl (C=O) groups excluding carboxylic acids is 1. The van der Waals surface area contributed by atoms with E-state index in [2.05, 4.69) is 5.32 Å². The van der Waals surface area contributed by atoms with Gasteiger partial charge in [-0.3, -0.25) is 10.1 Å².